The van der Waals surface area contributed by atoms with Crippen LogP contribution in [0.3, 0.4) is 0 Å². The van der Waals surface area contributed by atoms with E-state index in [2.05, 4.69) is 30.3 Å². The quantitative estimate of drug-likeness (QED) is 0.223. The molecule has 0 radical (unpaired) electrons. The smallest absolute Gasteiger partial charge is 0.191 e. The largest absolute Gasteiger partial charge is 0.394 e. The van der Waals surface area contributed by atoms with E-state index < -0.39 is 125 Å². The number of rotatable bonds is 10. The predicted octanol–water partition coefficient (Wildman–Crippen LogP) is 2.01. The Morgan fingerprint density at radius 3 is 2.92 bits per heavy atom. The number of hydrogen-bond donors (Lipinski definition) is 4. The van der Waals surface area contributed by atoms with Gasteiger partial charge in [0.15, 0.2) is 33.8 Å². The van der Waals surface area contributed by atoms with E-state index in [0.29, 0.717) is 0 Å². The lowest BCUT2D eigenvalue weighted by Gasteiger charge is -2.17. The summed E-state index contributed by atoms with van der Waals surface area (Å²) in [7, 11) is 0. The average Bonchev–Trinajstić information content (AvgIpc) is 3.27. The minimum absolute atomic E-state index is 0.114. The van der Waals surface area contributed by atoms with Crippen LogP contribution < -0.4 is 5.32 Å². The minimum Gasteiger partial charge on any atom is -0.394 e. The van der Waals surface area contributed by atoms with Crippen molar-refractivity contribution in [2.75, 3.05) is 24.1 Å². The van der Waals surface area contributed by atoms with Gasteiger partial charge >= 0.3 is 0 Å². The van der Waals surface area contributed by atoms with Crippen LogP contribution in [0.2, 0.25) is 0 Å². The van der Waals surface area contributed by atoms with E-state index in [1.807, 2.05) is 0 Å². The maximum atomic E-state index is 14.5. The summed E-state index contributed by atoms with van der Waals surface area (Å²) in [5, 5.41) is 40.7. The van der Waals surface area contributed by atoms with Gasteiger partial charge in [0.25, 0.3) is 0 Å². The van der Waals surface area contributed by atoms with Gasteiger partial charge in [-0.05, 0) is 30.4 Å². The van der Waals surface area contributed by atoms with Crippen molar-refractivity contribution in [2.45, 2.75) is 67.4 Å². The molecule has 3 aromatic rings. The van der Waals surface area contributed by atoms with Gasteiger partial charge in [-0.1, -0.05) is 29.9 Å². The zero-order valence-electron chi connectivity index (χ0n) is 35.9. The topological polar surface area (TPSA) is 138 Å². The van der Waals surface area contributed by atoms with E-state index in [1.54, 1.807) is 0 Å². The number of nitrogens with zero attached hydrogens (tertiary/aromatic N) is 5. The lowest BCUT2D eigenvalue weighted by molar-refractivity contribution is -0.0629. The molecule has 2 saturated carbocycles. The fourth-order valence-corrected chi connectivity index (χ4v) is 3.60. The number of ether oxygens (including phenoxy) is 1. The summed E-state index contributed by atoms with van der Waals surface area (Å²) >= 11 is 0.232. The molecule has 0 amide bonds. The second-order valence-corrected chi connectivity index (χ2v) is 7.83. The Kier molecular flexibility index (Phi) is 3.36. The third-order valence-electron chi connectivity index (χ3n) is 4.68. The van der Waals surface area contributed by atoms with Crippen LogP contribution in [0.25, 0.3) is 11.2 Å². The molecule has 2 heterocycles. The van der Waals surface area contributed by atoms with Gasteiger partial charge in [-0.15, -0.1) is 5.10 Å². The summed E-state index contributed by atoms with van der Waals surface area (Å²) < 4.78 is 181. The zero-order valence-corrected chi connectivity index (χ0v) is 18.8. The summed E-state index contributed by atoms with van der Waals surface area (Å²) in [5.74, 6) is -6.62. The third-order valence-corrected chi connectivity index (χ3v) is 5.48. The summed E-state index contributed by atoms with van der Waals surface area (Å²) in [4.78, 5) is 7.98. The normalized spacial score (nSPS) is 49.1. The van der Waals surface area contributed by atoms with Gasteiger partial charge in [-0.25, -0.2) is 23.4 Å². The Morgan fingerprint density at radius 1 is 1.31 bits per heavy atom. The molecule has 36 heavy (non-hydrogen) atoms. The number of hydrogen-bond acceptors (Lipinski definition) is 10. The second kappa shape index (κ2) is 10.5. The number of benzene rings is 1. The molecule has 2 aliphatic carbocycles. The van der Waals surface area contributed by atoms with Crippen molar-refractivity contribution in [3.63, 3.8) is 0 Å². The summed E-state index contributed by atoms with van der Waals surface area (Å²) in [6.45, 7) is -6.87. The average molecular weight is 541 g/mol. The molecule has 4 N–H and O–H groups in total. The van der Waals surface area contributed by atoms with Crippen molar-refractivity contribution in [3.05, 3.63) is 35.3 Å². The van der Waals surface area contributed by atoms with Crippen LogP contribution in [0.4, 0.5) is 14.6 Å². The molecule has 2 fully saturated rings. The van der Waals surface area contributed by atoms with Crippen molar-refractivity contribution >= 4 is 28.7 Å². The van der Waals surface area contributed by atoms with Crippen LogP contribution in [0.5, 0.6) is 0 Å². The second-order valence-electron chi connectivity index (χ2n) is 6.98. The molecule has 1 aromatic carbocycles. The monoisotopic (exact) mass is 540 g/mol. The molecule has 2 aliphatic rings. The number of anilines is 1. The number of aliphatic hydroxyl groups is 3. The highest BCUT2D eigenvalue weighted by Crippen LogP contribution is 2.44. The number of halogens is 2. The van der Waals surface area contributed by atoms with Gasteiger partial charge in [-0.2, -0.15) is 0 Å². The van der Waals surface area contributed by atoms with Gasteiger partial charge in [0.05, 0.1) is 41.7 Å². The van der Waals surface area contributed by atoms with E-state index in [1.165, 1.54) is 6.92 Å². The molecular formula is C23H28F2N6O4S. The minimum atomic E-state index is -4.47. The number of fused-ring (bicyclic) bond motifs is 1. The molecule has 0 aliphatic heterocycles. The lowest BCUT2D eigenvalue weighted by Crippen LogP contribution is -2.33. The molecule has 0 spiro atoms. The maximum Gasteiger partial charge on any atom is 0.191 e. The van der Waals surface area contributed by atoms with Gasteiger partial charge in [0, 0.05) is 32.2 Å². The van der Waals surface area contributed by atoms with Crippen LogP contribution in [-0.2, 0) is 4.74 Å². The third kappa shape index (κ3) is 4.90. The number of nitrogens with one attached hydrogen (secondary N) is 1. The number of thioether (sulfide) groups is 1. The highest BCUT2D eigenvalue weighted by molar-refractivity contribution is 7.99. The van der Waals surface area contributed by atoms with E-state index in [4.69, 9.17) is 24.7 Å². The van der Waals surface area contributed by atoms with Crippen LogP contribution in [0.15, 0.2) is 23.3 Å². The molecule has 194 valence electrons. The van der Waals surface area contributed by atoms with Crippen LogP contribution in [0.1, 0.15) is 68.3 Å². The predicted molar refractivity (Wildman–Crippen MR) is 128 cm³/mol. The molecule has 6 atom stereocenters. The molecule has 13 heteroatoms. The van der Waals surface area contributed by atoms with Gasteiger partial charge < -0.3 is 25.4 Å². The highest BCUT2D eigenvalue weighted by atomic mass is 32.2. The molecular weight excluding hydrogens is 494 g/mol. The number of aromatic nitrogens is 5. The Balaban J connectivity index is 1.75. The van der Waals surface area contributed by atoms with Crippen molar-refractivity contribution in [3.8, 4) is 0 Å². The van der Waals surface area contributed by atoms with Gasteiger partial charge in [-0.3, -0.25) is 0 Å². The molecule has 0 saturated heterocycles. The fraction of sp³-hybridized carbons (Fsp3) is 0.565. The van der Waals surface area contributed by atoms with E-state index in [9.17, 15) is 24.1 Å². The molecule has 10 nitrogen and oxygen atoms in total. The standard InChI is InChI=1S/C23H28F2N6O4S/c1-2-7-36-23-27-21(26-15-9-12(15)11-3-4-13(24)14(25)8-11)18-22(28-23)31(30-29-18)16-10-17(35-6-5-32)20(34)19(16)33/h3-4,8,12,15-17,19-20,32-34H,2,5-7,9-10H2,1H3,(H,26,27,28)/t12?,15-,16+,17-,19-,20+/m0/s1/i3D,4D,5D2,6D2,7D2,8D,9D2,10D2,15D,16D,17D,19D,20D. The Labute approximate surface area is 235 Å². The van der Waals surface area contributed by atoms with Crippen LogP contribution in [0, 0.1) is 11.6 Å². The van der Waals surface area contributed by atoms with Crippen molar-refractivity contribution in [2.24, 2.45) is 0 Å². The zero-order chi connectivity index (χ0) is 41.6. The Bertz CT molecular complexity index is 2030. The Hall–Kier alpha value is -2.45. The van der Waals surface area contributed by atoms with Crippen LogP contribution in [-0.4, -0.2) is 83.4 Å². The Morgan fingerprint density at radius 2 is 2.14 bits per heavy atom. The van der Waals surface area contributed by atoms with Gasteiger partial charge in [0.1, 0.15) is 12.2 Å². The molecule has 0 bridgehead atoms. The highest BCUT2D eigenvalue weighted by Gasteiger charge is 2.45. The van der Waals surface area contributed by atoms with E-state index >= 15 is 0 Å². The molecule has 2 aromatic heterocycles. The lowest BCUT2D eigenvalue weighted by atomic mass is 10.1. The summed E-state index contributed by atoms with van der Waals surface area (Å²) in [6.07, 6.45) is -20.7. The van der Waals surface area contributed by atoms with E-state index in [-0.39, 0.29) is 22.9 Å². The van der Waals surface area contributed by atoms with Crippen LogP contribution >= 0.6 is 11.8 Å². The summed E-state index contributed by atoms with van der Waals surface area (Å²) in [5.41, 5.74) is -4.97. The van der Waals surface area contributed by atoms with Gasteiger partial charge in [0.2, 0.25) is 0 Å². The van der Waals surface area contributed by atoms with Crippen molar-refractivity contribution < 1.29 is 53.5 Å². The first kappa shape index (κ1) is 11.5. The molecule has 1 unspecified atom stereocenters. The maximum absolute atomic E-state index is 14.5. The summed E-state index contributed by atoms with van der Waals surface area (Å²) in [6, 6.07) is -10.7. The van der Waals surface area contributed by atoms with E-state index in [0.717, 1.165) is 0 Å². The molecule has 5 rings (SSSR count). The van der Waals surface area contributed by atoms with Crippen molar-refractivity contribution in [1.29, 1.82) is 0 Å². The van der Waals surface area contributed by atoms with Crippen molar-refractivity contribution in [1.82, 2.24) is 25.0 Å². The fourth-order valence-electron chi connectivity index (χ4n) is 3.05. The first-order valence-corrected chi connectivity index (χ1v) is 10.8. The SMILES string of the molecule is [2H]c1c([2H])c(C2C([2H])([2H])[C@]2([2H])Nc2nc(SC([2H])([2H])CC)nc3c2nnn3[C@]2([2H])C([2H])([2H])[C@]([2H])(OC([2H])([2H])C([2H])([2H])O)[C@@]([2H])(O)[C@@]2([2H])O)c([2H])c(F)c1F. The first-order chi connectivity index (χ1) is 24.1. The first-order valence-electron chi connectivity index (χ1n) is 19.0.